The maximum Gasteiger partial charge on any atom is 0.193 e. The second-order valence-electron chi connectivity index (χ2n) is 8.16. The summed E-state index contributed by atoms with van der Waals surface area (Å²) in [5.41, 5.74) is 0. The number of thioether (sulfide) groups is 1. The molecule has 0 amide bonds. The highest BCUT2D eigenvalue weighted by atomic mass is 127. The van der Waals surface area contributed by atoms with Gasteiger partial charge >= 0.3 is 0 Å². The van der Waals surface area contributed by atoms with Crippen LogP contribution in [0.5, 0.6) is 0 Å². The van der Waals surface area contributed by atoms with Crippen LogP contribution in [0.1, 0.15) is 50.4 Å². The molecule has 1 aliphatic heterocycles. The molecular weight excluding hydrogens is 527 g/mol. The molecule has 1 atom stereocenters. The van der Waals surface area contributed by atoms with Crippen LogP contribution in [0.2, 0.25) is 0 Å². The highest BCUT2D eigenvalue weighted by Crippen LogP contribution is 2.33. The maximum atomic E-state index is 5.70. The van der Waals surface area contributed by atoms with Crippen molar-refractivity contribution in [2.75, 3.05) is 59.9 Å². The van der Waals surface area contributed by atoms with Crippen molar-refractivity contribution in [2.24, 2.45) is 10.9 Å². The zero-order valence-corrected chi connectivity index (χ0v) is 22.4. The van der Waals surface area contributed by atoms with Gasteiger partial charge in [0, 0.05) is 52.2 Å². The number of rotatable bonds is 11. The number of hydrogen-bond donors (Lipinski definition) is 1. The van der Waals surface area contributed by atoms with Gasteiger partial charge in [-0.2, -0.15) is 0 Å². The highest BCUT2D eigenvalue weighted by molar-refractivity contribution is 14.0. The minimum absolute atomic E-state index is 0. The van der Waals surface area contributed by atoms with Crippen molar-refractivity contribution in [3.05, 3.63) is 5.82 Å². The summed E-state index contributed by atoms with van der Waals surface area (Å²) in [5.74, 6) is 2.70. The van der Waals surface area contributed by atoms with Gasteiger partial charge in [0.05, 0.1) is 19.8 Å². The third kappa shape index (κ3) is 7.75. The average molecular weight is 567 g/mol. The number of nitrogens with one attached hydrogen (secondary N) is 1. The van der Waals surface area contributed by atoms with E-state index in [1.54, 1.807) is 18.9 Å². The van der Waals surface area contributed by atoms with E-state index in [4.69, 9.17) is 9.47 Å². The first-order valence-electron chi connectivity index (χ1n) is 11.3. The highest BCUT2D eigenvalue weighted by Gasteiger charge is 2.25. The van der Waals surface area contributed by atoms with E-state index >= 15 is 0 Å². The lowest BCUT2D eigenvalue weighted by Gasteiger charge is -2.22. The van der Waals surface area contributed by atoms with E-state index in [9.17, 15) is 0 Å². The summed E-state index contributed by atoms with van der Waals surface area (Å²) in [6.07, 6.45) is 10.4. The Morgan fingerprint density at radius 1 is 1.23 bits per heavy atom. The number of methoxy groups -OCH3 is 1. The topological polar surface area (TPSA) is 76.8 Å². The summed E-state index contributed by atoms with van der Waals surface area (Å²) in [7, 11) is 3.57. The van der Waals surface area contributed by atoms with Gasteiger partial charge < -0.3 is 24.3 Å². The summed E-state index contributed by atoms with van der Waals surface area (Å²) in [5, 5.41) is 13.5. The standard InChI is InChI=1S/C21H38N6O2S.HI/c1-22-20(26-12-10-17(15-26)16-29-14-13-28-2)23-11-6-9-19-24-25-21(30-3)27(19)18-7-4-5-8-18;/h17-18H,4-16H2,1-3H3,(H,22,23);1H. The predicted molar refractivity (Wildman–Crippen MR) is 137 cm³/mol. The molecule has 178 valence electrons. The summed E-state index contributed by atoms with van der Waals surface area (Å²) in [6, 6.07) is 0.589. The third-order valence-electron chi connectivity index (χ3n) is 6.05. The second-order valence-corrected chi connectivity index (χ2v) is 8.93. The predicted octanol–water partition coefficient (Wildman–Crippen LogP) is 3.23. The average Bonchev–Trinajstić information content (AvgIpc) is 3.51. The summed E-state index contributed by atoms with van der Waals surface area (Å²) in [6.45, 7) is 5.05. The van der Waals surface area contributed by atoms with E-state index in [1.165, 1.54) is 25.7 Å². The van der Waals surface area contributed by atoms with Crippen molar-refractivity contribution in [3.8, 4) is 0 Å². The third-order valence-corrected chi connectivity index (χ3v) is 6.69. The molecule has 0 spiro atoms. The van der Waals surface area contributed by atoms with Crippen molar-refractivity contribution >= 4 is 41.7 Å². The molecular formula is C21H39IN6O2S. The number of aryl methyl sites for hydroxylation is 1. The van der Waals surface area contributed by atoms with E-state index in [-0.39, 0.29) is 24.0 Å². The second kappa shape index (κ2) is 14.5. The van der Waals surface area contributed by atoms with E-state index in [2.05, 4.69) is 36.2 Å². The van der Waals surface area contributed by atoms with Crippen molar-refractivity contribution in [3.63, 3.8) is 0 Å². The van der Waals surface area contributed by atoms with E-state index < -0.39 is 0 Å². The molecule has 2 heterocycles. The molecule has 8 nitrogen and oxygen atoms in total. The fourth-order valence-corrected chi connectivity index (χ4v) is 5.05. The van der Waals surface area contributed by atoms with Crippen LogP contribution in [-0.2, 0) is 15.9 Å². The van der Waals surface area contributed by atoms with Crippen LogP contribution < -0.4 is 5.32 Å². The van der Waals surface area contributed by atoms with Crippen molar-refractivity contribution in [1.82, 2.24) is 25.0 Å². The van der Waals surface area contributed by atoms with Crippen LogP contribution in [0.3, 0.4) is 0 Å². The van der Waals surface area contributed by atoms with Gasteiger partial charge in [-0.15, -0.1) is 34.2 Å². The molecule has 1 aliphatic carbocycles. The first-order valence-corrected chi connectivity index (χ1v) is 12.5. The fourth-order valence-electron chi connectivity index (χ4n) is 4.48. The molecule has 1 unspecified atom stereocenters. The first-order chi connectivity index (χ1) is 14.8. The molecule has 1 N–H and O–H groups in total. The van der Waals surface area contributed by atoms with Gasteiger partial charge in [0.1, 0.15) is 5.82 Å². The molecule has 2 aliphatic rings. The van der Waals surface area contributed by atoms with Crippen LogP contribution in [0.4, 0.5) is 0 Å². The first kappa shape index (κ1) is 26.7. The largest absolute Gasteiger partial charge is 0.382 e. The smallest absolute Gasteiger partial charge is 0.193 e. The van der Waals surface area contributed by atoms with Crippen molar-refractivity contribution in [2.45, 2.75) is 56.1 Å². The Morgan fingerprint density at radius 3 is 2.74 bits per heavy atom. The number of likely N-dealkylation sites (tertiary alicyclic amines) is 1. The summed E-state index contributed by atoms with van der Waals surface area (Å²) < 4.78 is 13.1. The Labute approximate surface area is 208 Å². The molecule has 1 aromatic rings. The summed E-state index contributed by atoms with van der Waals surface area (Å²) >= 11 is 1.71. The van der Waals surface area contributed by atoms with Crippen LogP contribution in [0, 0.1) is 5.92 Å². The minimum atomic E-state index is 0. The molecule has 3 rings (SSSR count). The number of nitrogens with zero attached hydrogens (tertiary/aromatic N) is 5. The van der Waals surface area contributed by atoms with Crippen LogP contribution in [0.25, 0.3) is 0 Å². The minimum Gasteiger partial charge on any atom is -0.382 e. The SMILES string of the molecule is CN=C(NCCCc1nnc(SC)n1C1CCCC1)N1CCC(COCCOC)C1.I. The fraction of sp³-hybridized carbons (Fsp3) is 0.857. The van der Waals surface area contributed by atoms with Crippen molar-refractivity contribution in [1.29, 1.82) is 0 Å². The molecule has 31 heavy (non-hydrogen) atoms. The van der Waals surface area contributed by atoms with Crippen LogP contribution in [-0.4, -0.2) is 85.5 Å². The van der Waals surface area contributed by atoms with E-state index in [0.717, 1.165) is 62.4 Å². The lowest BCUT2D eigenvalue weighted by atomic mass is 10.1. The lowest BCUT2D eigenvalue weighted by Crippen LogP contribution is -2.40. The molecule has 1 saturated heterocycles. The summed E-state index contributed by atoms with van der Waals surface area (Å²) in [4.78, 5) is 6.84. The Balaban J connectivity index is 0.00000341. The molecule has 1 aromatic heterocycles. The Hall–Kier alpha value is -0.590. The van der Waals surface area contributed by atoms with Gasteiger partial charge in [-0.3, -0.25) is 4.99 Å². The quantitative estimate of drug-likeness (QED) is 0.145. The zero-order chi connectivity index (χ0) is 21.2. The van der Waals surface area contributed by atoms with Gasteiger partial charge in [-0.25, -0.2) is 0 Å². The normalized spacial score (nSPS) is 19.8. The molecule has 0 aromatic carbocycles. The van der Waals surface area contributed by atoms with E-state index in [1.807, 2.05) is 7.05 Å². The molecule has 0 bridgehead atoms. The number of aliphatic imine (C=N–C) groups is 1. The van der Waals surface area contributed by atoms with Crippen LogP contribution in [0.15, 0.2) is 10.1 Å². The Kier molecular flexibility index (Phi) is 12.5. The number of ether oxygens (including phenoxy) is 2. The van der Waals surface area contributed by atoms with Gasteiger partial charge in [-0.05, 0) is 31.9 Å². The molecule has 2 fully saturated rings. The van der Waals surface area contributed by atoms with Gasteiger partial charge in [0.2, 0.25) is 0 Å². The molecule has 10 heteroatoms. The van der Waals surface area contributed by atoms with Gasteiger partial charge in [-0.1, -0.05) is 24.6 Å². The number of halogens is 1. The van der Waals surface area contributed by atoms with Crippen molar-refractivity contribution < 1.29 is 9.47 Å². The Bertz CT molecular complexity index is 668. The Morgan fingerprint density at radius 2 is 2.03 bits per heavy atom. The number of guanidine groups is 1. The van der Waals surface area contributed by atoms with Crippen LogP contribution >= 0.6 is 35.7 Å². The maximum absolute atomic E-state index is 5.70. The number of aromatic nitrogens is 3. The monoisotopic (exact) mass is 566 g/mol. The molecule has 1 saturated carbocycles. The zero-order valence-electron chi connectivity index (χ0n) is 19.2. The van der Waals surface area contributed by atoms with Gasteiger partial charge in [0.25, 0.3) is 0 Å². The van der Waals surface area contributed by atoms with E-state index in [0.29, 0.717) is 25.2 Å². The van der Waals surface area contributed by atoms with Gasteiger partial charge in [0.15, 0.2) is 11.1 Å². The lowest BCUT2D eigenvalue weighted by molar-refractivity contribution is 0.0536. The molecule has 0 radical (unpaired) electrons. The number of hydrogen-bond acceptors (Lipinski definition) is 6.